The molecule has 0 atom stereocenters. The van der Waals surface area contributed by atoms with Crippen molar-refractivity contribution in [3.8, 4) is 0 Å². The van der Waals surface area contributed by atoms with Gasteiger partial charge in [0.15, 0.2) is 0 Å². The molecule has 0 unspecified atom stereocenters. The fraction of sp³-hybridized carbons (Fsp3) is 0.0833. The molecule has 0 saturated heterocycles. The zero-order valence-corrected chi connectivity index (χ0v) is 12.3. The topological polar surface area (TPSA) is 78.9 Å². The molecule has 2 rings (SSSR count). The van der Waals surface area contributed by atoms with Crippen LogP contribution in [0.2, 0.25) is 0 Å². The summed E-state index contributed by atoms with van der Waals surface area (Å²) in [5, 5.41) is 16.2. The molecule has 1 heterocycles. The van der Waals surface area contributed by atoms with E-state index in [1.54, 1.807) is 13.0 Å². The van der Waals surface area contributed by atoms with Gasteiger partial charge in [-0.15, -0.1) is 5.10 Å². The van der Waals surface area contributed by atoms with Crippen LogP contribution in [0.3, 0.4) is 0 Å². The lowest BCUT2D eigenvalue weighted by atomic mass is 10.2. The van der Waals surface area contributed by atoms with E-state index < -0.39 is 5.97 Å². The van der Waals surface area contributed by atoms with E-state index in [-0.39, 0.29) is 4.91 Å². The van der Waals surface area contributed by atoms with Gasteiger partial charge in [-0.25, -0.2) is 9.78 Å². The number of aromatic nitrogens is 3. The third kappa shape index (κ3) is 3.93. The molecular formula is C12H10BrN3O2S. The minimum absolute atomic E-state index is 0.168. The second-order valence-electron chi connectivity index (χ2n) is 3.67. The summed E-state index contributed by atoms with van der Waals surface area (Å²) in [5.41, 5.74) is 0.806. The molecule has 19 heavy (non-hydrogen) atoms. The minimum Gasteiger partial charge on any atom is -0.477 e. The Kier molecular flexibility index (Phi) is 4.39. The number of rotatable bonds is 4. The Morgan fingerprint density at radius 1 is 1.42 bits per heavy atom. The molecular weight excluding hydrogens is 330 g/mol. The van der Waals surface area contributed by atoms with Crippen molar-refractivity contribution in [2.45, 2.75) is 12.1 Å². The van der Waals surface area contributed by atoms with Crippen LogP contribution in [0.25, 0.3) is 6.08 Å². The van der Waals surface area contributed by atoms with Crippen LogP contribution < -0.4 is 0 Å². The molecule has 2 N–H and O–H groups in total. The summed E-state index contributed by atoms with van der Waals surface area (Å²) in [6.07, 6.45) is 1.59. The average molecular weight is 340 g/mol. The first-order valence-electron chi connectivity index (χ1n) is 5.32. The molecule has 0 radical (unpaired) electrons. The number of aryl methyl sites for hydroxylation is 1. The third-order valence-electron chi connectivity index (χ3n) is 2.16. The van der Waals surface area contributed by atoms with E-state index in [0.717, 1.165) is 21.8 Å². The summed E-state index contributed by atoms with van der Waals surface area (Å²) < 4.78 is 0.943. The highest BCUT2D eigenvalue weighted by molar-refractivity contribution is 9.10. The Morgan fingerprint density at radius 2 is 2.11 bits per heavy atom. The predicted molar refractivity (Wildman–Crippen MR) is 76.7 cm³/mol. The lowest BCUT2D eigenvalue weighted by molar-refractivity contribution is -0.131. The number of carbonyl (C=O) groups is 1. The normalized spacial score (nSPS) is 11.6. The van der Waals surface area contributed by atoms with Crippen molar-refractivity contribution < 1.29 is 9.90 Å². The van der Waals surface area contributed by atoms with E-state index in [1.807, 2.05) is 24.3 Å². The lowest BCUT2D eigenvalue weighted by Crippen LogP contribution is -1.97. The van der Waals surface area contributed by atoms with E-state index in [4.69, 9.17) is 0 Å². The van der Waals surface area contributed by atoms with Gasteiger partial charge in [-0.05, 0) is 42.5 Å². The zero-order valence-electron chi connectivity index (χ0n) is 9.92. The first-order chi connectivity index (χ1) is 9.04. The number of thioether (sulfide) groups is 1. The fourth-order valence-corrected chi connectivity index (χ4v) is 2.33. The summed E-state index contributed by atoms with van der Waals surface area (Å²) in [5.74, 6) is -0.355. The summed E-state index contributed by atoms with van der Waals surface area (Å²) >= 11 is 4.34. The molecule has 0 fully saturated rings. The van der Waals surface area contributed by atoms with E-state index in [1.165, 1.54) is 0 Å². The highest BCUT2D eigenvalue weighted by Crippen LogP contribution is 2.25. The Labute approximate surface area is 122 Å². The molecule has 98 valence electrons. The summed E-state index contributed by atoms with van der Waals surface area (Å²) in [7, 11) is 0. The van der Waals surface area contributed by atoms with Crippen LogP contribution in [-0.2, 0) is 4.79 Å². The Bertz CT molecular complexity index is 622. The van der Waals surface area contributed by atoms with E-state index in [9.17, 15) is 9.90 Å². The Morgan fingerprint density at radius 3 is 2.63 bits per heavy atom. The molecule has 0 aliphatic heterocycles. The van der Waals surface area contributed by atoms with Gasteiger partial charge in [0.2, 0.25) is 5.16 Å². The minimum atomic E-state index is -1.00. The summed E-state index contributed by atoms with van der Waals surface area (Å²) in [4.78, 5) is 15.5. The number of carboxylic acids is 1. The van der Waals surface area contributed by atoms with E-state index in [0.29, 0.717) is 11.0 Å². The van der Waals surface area contributed by atoms with Crippen molar-refractivity contribution in [1.29, 1.82) is 0 Å². The van der Waals surface area contributed by atoms with Gasteiger partial charge in [0.1, 0.15) is 10.7 Å². The molecule has 0 amide bonds. The van der Waals surface area contributed by atoms with Gasteiger partial charge >= 0.3 is 5.97 Å². The number of aromatic amines is 1. The van der Waals surface area contributed by atoms with Crippen molar-refractivity contribution in [2.75, 3.05) is 0 Å². The number of hydrogen-bond acceptors (Lipinski definition) is 4. The molecule has 5 nitrogen and oxygen atoms in total. The van der Waals surface area contributed by atoms with Gasteiger partial charge < -0.3 is 5.11 Å². The second kappa shape index (κ2) is 6.03. The number of benzene rings is 1. The molecule has 0 spiro atoms. The SMILES string of the molecule is Cc1nc(S/C(=C/c2ccc(Br)cc2)C(=O)O)n[nH]1. The number of aliphatic carboxylic acids is 1. The highest BCUT2D eigenvalue weighted by Gasteiger charge is 2.12. The fourth-order valence-electron chi connectivity index (χ4n) is 1.31. The number of halogens is 1. The van der Waals surface area contributed by atoms with Crippen LogP contribution in [0, 0.1) is 6.92 Å². The van der Waals surface area contributed by atoms with Crippen molar-refractivity contribution in [1.82, 2.24) is 15.2 Å². The second-order valence-corrected chi connectivity index (χ2v) is 5.60. The molecule has 0 aliphatic carbocycles. The van der Waals surface area contributed by atoms with Crippen molar-refractivity contribution >= 4 is 39.7 Å². The van der Waals surface area contributed by atoms with Crippen LogP contribution in [0.4, 0.5) is 0 Å². The first-order valence-corrected chi connectivity index (χ1v) is 6.93. The monoisotopic (exact) mass is 339 g/mol. The third-order valence-corrected chi connectivity index (χ3v) is 3.56. The number of H-pyrrole nitrogens is 1. The Balaban J connectivity index is 2.24. The summed E-state index contributed by atoms with van der Waals surface area (Å²) in [6.45, 7) is 1.76. The molecule has 1 aromatic carbocycles. The molecule has 0 aliphatic rings. The van der Waals surface area contributed by atoms with Crippen molar-refractivity contribution in [2.24, 2.45) is 0 Å². The van der Waals surface area contributed by atoms with Crippen LogP contribution >= 0.6 is 27.7 Å². The molecule has 0 bridgehead atoms. The maximum Gasteiger partial charge on any atom is 0.342 e. The number of nitrogens with one attached hydrogen (secondary N) is 1. The predicted octanol–water partition coefficient (Wildman–Crippen LogP) is 3.09. The standard InChI is InChI=1S/C12H10BrN3O2S/c1-7-14-12(16-15-7)19-10(11(17)18)6-8-2-4-9(13)5-3-8/h2-6H,1H3,(H,17,18)(H,14,15,16)/b10-6+. The maximum atomic E-state index is 11.2. The van der Waals surface area contributed by atoms with Gasteiger partial charge in [0, 0.05) is 4.47 Å². The molecule has 1 aromatic heterocycles. The molecule has 7 heteroatoms. The van der Waals surface area contributed by atoms with Crippen LogP contribution in [0.1, 0.15) is 11.4 Å². The maximum absolute atomic E-state index is 11.2. The first kappa shape index (κ1) is 13.8. The average Bonchev–Trinajstić information content (AvgIpc) is 2.76. The van der Waals surface area contributed by atoms with Gasteiger partial charge in [-0.2, -0.15) is 0 Å². The Hall–Kier alpha value is -1.60. The quantitative estimate of drug-likeness (QED) is 0.660. The lowest BCUT2D eigenvalue weighted by Gasteiger charge is -1.99. The summed E-state index contributed by atoms with van der Waals surface area (Å²) in [6, 6.07) is 7.37. The van der Waals surface area contributed by atoms with Gasteiger partial charge in [0.25, 0.3) is 0 Å². The number of hydrogen-bond donors (Lipinski definition) is 2. The van der Waals surface area contributed by atoms with Crippen LogP contribution in [0.5, 0.6) is 0 Å². The number of nitrogens with zero attached hydrogens (tertiary/aromatic N) is 2. The molecule has 0 saturated carbocycles. The van der Waals surface area contributed by atoms with Crippen molar-refractivity contribution in [3.05, 3.63) is 45.0 Å². The van der Waals surface area contributed by atoms with Crippen molar-refractivity contribution in [3.63, 3.8) is 0 Å². The van der Waals surface area contributed by atoms with Gasteiger partial charge in [0.05, 0.1) is 0 Å². The zero-order chi connectivity index (χ0) is 13.8. The van der Waals surface area contributed by atoms with E-state index >= 15 is 0 Å². The number of carboxylic acid groups (broad SMARTS) is 1. The molecule has 2 aromatic rings. The highest BCUT2D eigenvalue weighted by atomic mass is 79.9. The van der Waals surface area contributed by atoms with E-state index in [2.05, 4.69) is 31.1 Å². The van der Waals surface area contributed by atoms with Crippen LogP contribution in [-0.4, -0.2) is 26.3 Å². The van der Waals surface area contributed by atoms with Crippen LogP contribution in [0.15, 0.2) is 38.8 Å². The van der Waals surface area contributed by atoms with Gasteiger partial charge in [-0.3, -0.25) is 5.10 Å². The largest absolute Gasteiger partial charge is 0.477 e. The smallest absolute Gasteiger partial charge is 0.342 e. The van der Waals surface area contributed by atoms with Gasteiger partial charge in [-0.1, -0.05) is 28.1 Å².